The van der Waals surface area contributed by atoms with Gasteiger partial charge in [-0.25, -0.2) is 4.98 Å². The summed E-state index contributed by atoms with van der Waals surface area (Å²) in [5, 5.41) is 4.87. The molecule has 1 atom stereocenters. The van der Waals surface area contributed by atoms with E-state index in [9.17, 15) is 0 Å². The average Bonchev–Trinajstić information content (AvgIpc) is 2.65. The van der Waals surface area contributed by atoms with Crippen LogP contribution in [-0.4, -0.2) is 24.7 Å². The summed E-state index contributed by atoms with van der Waals surface area (Å²) in [6, 6.07) is 0.367. The molecule has 0 radical (unpaired) electrons. The molecule has 0 amide bonds. The Labute approximate surface area is 120 Å². The third-order valence-corrected chi connectivity index (χ3v) is 5.37. The maximum absolute atomic E-state index is 5.30. The normalized spacial score (nSPS) is 20.1. The van der Waals surface area contributed by atoms with Crippen LogP contribution in [0.3, 0.4) is 0 Å². The molecule has 1 unspecified atom stereocenters. The summed E-state index contributed by atoms with van der Waals surface area (Å²) in [4.78, 5) is 6.10. The van der Waals surface area contributed by atoms with Crippen molar-refractivity contribution >= 4 is 11.3 Å². The first-order valence-corrected chi connectivity index (χ1v) is 7.82. The molecule has 1 saturated heterocycles. The maximum atomic E-state index is 5.30. The Morgan fingerprint density at radius 1 is 1.42 bits per heavy atom. The first-order chi connectivity index (χ1) is 8.71. The minimum atomic E-state index is 0.140. The number of hydrogen-bond donors (Lipinski definition) is 1. The number of thiazole rings is 1. The van der Waals surface area contributed by atoms with Gasteiger partial charge in [-0.05, 0) is 13.8 Å². The predicted molar refractivity (Wildman–Crippen MR) is 80.9 cm³/mol. The lowest BCUT2D eigenvalue weighted by Crippen LogP contribution is -2.47. The van der Waals surface area contributed by atoms with E-state index >= 15 is 0 Å². The molecule has 0 spiro atoms. The van der Waals surface area contributed by atoms with Gasteiger partial charge in [0.25, 0.3) is 0 Å². The summed E-state index contributed by atoms with van der Waals surface area (Å²) in [6.45, 7) is 16.1. The third-order valence-electron chi connectivity index (χ3n) is 3.60. The summed E-state index contributed by atoms with van der Waals surface area (Å²) < 4.78 is 5.30. The first kappa shape index (κ1) is 14.9. The van der Waals surface area contributed by atoms with Gasteiger partial charge < -0.3 is 10.1 Å². The maximum Gasteiger partial charge on any atom is 0.0985 e. The second-order valence-corrected chi connectivity index (χ2v) is 8.16. The van der Waals surface area contributed by atoms with Gasteiger partial charge in [0.2, 0.25) is 0 Å². The quantitative estimate of drug-likeness (QED) is 0.918. The SMILES string of the molecule is Cc1nc(C(C)(C)C)sc1C(C)NCC1(C)COC1. The predicted octanol–water partition coefficient (Wildman–Crippen LogP) is 3.44. The lowest BCUT2D eigenvalue weighted by atomic mass is 9.88. The molecule has 0 saturated carbocycles. The molecule has 108 valence electrons. The number of nitrogens with zero attached hydrogens (tertiary/aromatic N) is 1. The first-order valence-electron chi connectivity index (χ1n) is 7.00. The second kappa shape index (κ2) is 5.15. The van der Waals surface area contributed by atoms with Gasteiger partial charge in [-0.15, -0.1) is 11.3 Å². The van der Waals surface area contributed by atoms with Gasteiger partial charge in [-0.3, -0.25) is 0 Å². The summed E-state index contributed by atoms with van der Waals surface area (Å²) in [5.41, 5.74) is 1.63. The van der Waals surface area contributed by atoms with Crippen molar-refractivity contribution in [2.45, 2.75) is 53.0 Å². The van der Waals surface area contributed by atoms with Crippen molar-refractivity contribution < 1.29 is 4.74 Å². The molecule has 0 aliphatic carbocycles. The molecule has 1 aromatic heterocycles. The summed E-state index contributed by atoms with van der Waals surface area (Å²) in [7, 11) is 0. The topological polar surface area (TPSA) is 34.2 Å². The smallest absolute Gasteiger partial charge is 0.0985 e. The van der Waals surface area contributed by atoms with Crippen LogP contribution in [0.15, 0.2) is 0 Å². The largest absolute Gasteiger partial charge is 0.380 e. The van der Waals surface area contributed by atoms with E-state index in [-0.39, 0.29) is 5.41 Å². The van der Waals surface area contributed by atoms with Gasteiger partial charge in [-0.2, -0.15) is 0 Å². The molecule has 0 aromatic carbocycles. The van der Waals surface area contributed by atoms with Gasteiger partial charge >= 0.3 is 0 Å². The van der Waals surface area contributed by atoms with E-state index in [4.69, 9.17) is 9.72 Å². The molecule has 0 bridgehead atoms. The average molecular weight is 282 g/mol. The van der Waals surface area contributed by atoms with E-state index in [2.05, 4.69) is 46.9 Å². The highest BCUT2D eigenvalue weighted by Gasteiger charge is 2.33. The molecular weight excluding hydrogens is 256 g/mol. The van der Waals surface area contributed by atoms with E-state index in [0.717, 1.165) is 19.8 Å². The van der Waals surface area contributed by atoms with Crippen molar-refractivity contribution in [2.24, 2.45) is 5.41 Å². The number of hydrogen-bond acceptors (Lipinski definition) is 4. The zero-order valence-corrected chi connectivity index (χ0v) is 13.8. The van der Waals surface area contributed by atoms with Crippen molar-refractivity contribution in [1.29, 1.82) is 0 Å². The fourth-order valence-electron chi connectivity index (χ4n) is 2.18. The van der Waals surface area contributed by atoms with Crippen LogP contribution in [0.4, 0.5) is 0 Å². The third kappa shape index (κ3) is 3.36. The zero-order valence-electron chi connectivity index (χ0n) is 13.0. The van der Waals surface area contributed by atoms with Crippen molar-refractivity contribution in [3.63, 3.8) is 0 Å². The molecule has 3 nitrogen and oxygen atoms in total. The van der Waals surface area contributed by atoms with Gasteiger partial charge in [0.1, 0.15) is 0 Å². The van der Waals surface area contributed by atoms with Gasteiger partial charge in [0.05, 0.1) is 23.9 Å². The summed E-state index contributed by atoms with van der Waals surface area (Å²) in [6.07, 6.45) is 0. The molecule has 1 N–H and O–H groups in total. The second-order valence-electron chi connectivity index (χ2n) is 7.12. The Bertz CT molecular complexity index is 443. The highest BCUT2D eigenvalue weighted by atomic mass is 32.1. The van der Waals surface area contributed by atoms with E-state index < -0.39 is 0 Å². The zero-order chi connectivity index (χ0) is 14.3. The molecule has 4 heteroatoms. The Balaban J connectivity index is 2.02. The van der Waals surface area contributed by atoms with Crippen molar-refractivity contribution in [1.82, 2.24) is 10.3 Å². The van der Waals surface area contributed by atoms with Crippen LogP contribution in [0.25, 0.3) is 0 Å². The monoisotopic (exact) mass is 282 g/mol. The van der Waals surface area contributed by atoms with Gasteiger partial charge in [0, 0.05) is 28.3 Å². The molecule has 1 aromatic rings. The van der Waals surface area contributed by atoms with Crippen LogP contribution in [0, 0.1) is 12.3 Å². The summed E-state index contributed by atoms with van der Waals surface area (Å²) in [5.74, 6) is 0. The van der Waals surface area contributed by atoms with Crippen LogP contribution in [-0.2, 0) is 10.2 Å². The van der Waals surface area contributed by atoms with E-state index in [1.165, 1.54) is 15.6 Å². The molecule has 1 aliphatic heterocycles. The number of rotatable bonds is 4. The molecule has 1 aliphatic rings. The van der Waals surface area contributed by atoms with Crippen LogP contribution >= 0.6 is 11.3 Å². The van der Waals surface area contributed by atoms with Crippen LogP contribution < -0.4 is 5.32 Å². The fourth-order valence-corrected chi connectivity index (χ4v) is 3.33. The van der Waals surface area contributed by atoms with Crippen molar-refractivity contribution in [3.8, 4) is 0 Å². The fraction of sp³-hybridized carbons (Fsp3) is 0.800. The highest BCUT2D eigenvalue weighted by Crippen LogP contribution is 2.33. The van der Waals surface area contributed by atoms with E-state index in [0.29, 0.717) is 11.5 Å². The van der Waals surface area contributed by atoms with Gasteiger partial charge in [0.15, 0.2) is 0 Å². The van der Waals surface area contributed by atoms with Crippen LogP contribution in [0.2, 0.25) is 0 Å². The van der Waals surface area contributed by atoms with Crippen molar-refractivity contribution in [3.05, 3.63) is 15.6 Å². The van der Waals surface area contributed by atoms with E-state index in [1.54, 1.807) is 0 Å². The number of aromatic nitrogens is 1. The number of nitrogens with one attached hydrogen (secondary N) is 1. The highest BCUT2D eigenvalue weighted by molar-refractivity contribution is 7.12. The van der Waals surface area contributed by atoms with E-state index in [1.807, 2.05) is 11.3 Å². The lowest BCUT2D eigenvalue weighted by Gasteiger charge is -2.39. The number of ether oxygens (including phenoxy) is 1. The minimum Gasteiger partial charge on any atom is -0.380 e. The Morgan fingerprint density at radius 3 is 2.47 bits per heavy atom. The molecular formula is C15H26N2OS. The Morgan fingerprint density at radius 2 is 2.05 bits per heavy atom. The van der Waals surface area contributed by atoms with Crippen LogP contribution in [0.5, 0.6) is 0 Å². The Hall–Kier alpha value is -0.450. The van der Waals surface area contributed by atoms with Gasteiger partial charge in [-0.1, -0.05) is 27.7 Å². The van der Waals surface area contributed by atoms with Crippen molar-refractivity contribution in [2.75, 3.05) is 19.8 Å². The molecule has 1 fully saturated rings. The molecule has 2 rings (SSSR count). The molecule has 2 heterocycles. The molecule has 19 heavy (non-hydrogen) atoms. The Kier molecular flexibility index (Phi) is 4.05. The van der Waals surface area contributed by atoms with Crippen LogP contribution in [0.1, 0.15) is 56.2 Å². The number of aryl methyl sites for hydroxylation is 1. The standard InChI is InChI=1S/C15H26N2OS/c1-10(16-7-15(6)8-18-9-15)12-11(2)17-13(19-12)14(3,4)5/h10,16H,7-9H2,1-6H3. The summed E-state index contributed by atoms with van der Waals surface area (Å²) >= 11 is 1.85. The lowest BCUT2D eigenvalue weighted by molar-refractivity contribution is -0.0998. The minimum absolute atomic E-state index is 0.140.